The molecule has 22 heavy (non-hydrogen) atoms. The molecule has 0 spiro atoms. The first-order valence-corrected chi connectivity index (χ1v) is 7.70. The number of piperidine rings is 1. The van der Waals surface area contributed by atoms with Crippen LogP contribution in [0.1, 0.15) is 31.4 Å². The average molecular weight is 373 g/mol. The van der Waals surface area contributed by atoms with E-state index >= 15 is 0 Å². The van der Waals surface area contributed by atoms with Crippen molar-refractivity contribution >= 4 is 21.8 Å². The number of methoxy groups -OCH3 is 1. The largest absolute Gasteiger partial charge is 0.492 e. The Bertz CT molecular complexity index is 593. The maximum absolute atomic E-state index is 11.6. The first kappa shape index (κ1) is 16.5. The number of ether oxygens (including phenoxy) is 2. The summed E-state index contributed by atoms with van der Waals surface area (Å²) in [7, 11) is 1.52. The molecule has 1 heterocycles. The molecule has 7 nitrogen and oxygen atoms in total. The molecule has 1 aliphatic heterocycles. The van der Waals surface area contributed by atoms with Gasteiger partial charge in [-0.1, -0.05) is 0 Å². The summed E-state index contributed by atoms with van der Waals surface area (Å²) < 4.78 is 11.4. The zero-order valence-corrected chi connectivity index (χ0v) is 13.9. The number of nitrogens with one attached hydrogen (secondary N) is 1. The van der Waals surface area contributed by atoms with Gasteiger partial charge in [0.05, 0.1) is 18.2 Å². The van der Waals surface area contributed by atoms with E-state index in [2.05, 4.69) is 21.2 Å². The molecule has 0 aromatic heterocycles. The fourth-order valence-electron chi connectivity index (χ4n) is 2.55. The quantitative estimate of drug-likeness (QED) is 0.633. The van der Waals surface area contributed by atoms with Gasteiger partial charge >= 0.3 is 0 Å². The van der Waals surface area contributed by atoms with E-state index in [1.165, 1.54) is 7.11 Å². The number of halogens is 1. The van der Waals surface area contributed by atoms with Crippen molar-refractivity contribution in [1.29, 1.82) is 0 Å². The monoisotopic (exact) mass is 372 g/mol. The van der Waals surface area contributed by atoms with Gasteiger partial charge in [0.2, 0.25) is 11.9 Å². The zero-order valence-electron chi connectivity index (χ0n) is 12.3. The molecule has 0 saturated carbocycles. The number of nitrogens with zero attached hydrogens (tertiary/aromatic N) is 1. The SMILES string of the molecule is CCOc1cc([C@H]2NC(=O)CC[C@@H]2[N+](=O)[O-])cc(Br)c1OC. The van der Waals surface area contributed by atoms with E-state index in [0.29, 0.717) is 28.1 Å². The van der Waals surface area contributed by atoms with Gasteiger partial charge in [0.15, 0.2) is 11.5 Å². The predicted octanol–water partition coefficient (Wildman–Crippen LogP) is 2.45. The van der Waals surface area contributed by atoms with Crippen molar-refractivity contribution in [3.8, 4) is 11.5 Å². The molecule has 1 fully saturated rings. The van der Waals surface area contributed by atoms with Crippen molar-refractivity contribution in [3.05, 3.63) is 32.3 Å². The van der Waals surface area contributed by atoms with Crippen LogP contribution < -0.4 is 14.8 Å². The molecular formula is C14H17BrN2O5. The minimum absolute atomic E-state index is 0.164. The van der Waals surface area contributed by atoms with Crippen LogP contribution in [-0.4, -0.2) is 30.6 Å². The van der Waals surface area contributed by atoms with E-state index in [4.69, 9.17) is 9.47 Å². The summed E-state index contributed by atoms with van der Waals surface area (Å²) in [5.74, 6) is 0.815. The number of carbonyl (C=O) groups excluding carboxylic acids is 1. The van der Waals surface area contributed by atoms with Crippen molar-refractivity contribution < 1.29 is 19.2 Å². The van der Waals surface area contributed by atoms with Crippen molar-refractivity contribution in [2.24, 2.45) is 0 Å². The molecule has 120 valence electrons. The molecular weight excluding hydrogens is 356 g/mol. The maximum atomic E-state index is 11.6. The Labute approximate surface area is 136 Å². The van der Waals surface area contributed by atoms with Gasteiger partial charge in [-0.05, 0) is 40.5 Å². The number of nitro groups is 1. The number of rotatable bonds is 5. The predicted molar refractivity (Wildman–Crippen MR) is 82.8 cm³/mol. The summed E-state index contributed by atoms with van der Waals surface area (Å²) in [6.07, 6.45) is 0.384. The highest BCUT2D eigenvalue weighted by atomic mass is 79.9. The van der Waals surface area contributed by atoms with Crippen molar-refractivity contribution in [2.45, 2.75) is 31.8 Å². The number of carbonyl (C=O) groups is 1. The third kappa shape index (κ3) is 3.32. The lowest BCUT2D eigenvalue weighted by molar-refractivity contribution is -0.529. The van der Waals surface area contributed by atoms with Gasteiger partial charge in [0.1, 0.15) is 6.04 Å². The van der Waals surface area contributed by atoms with Crippen LogP contribution in [0, 0.1) is 10.1 Å². The third-order valence-electron chi connectivity index (χ3n) is 3.53. The average Bonchev–Trinajstić information content (AvgIpc) is 2.46. The van der Waals surface area contributed by atoms with Crippen molar-refractivity contribution in [3.63, 3.8) is 0 Å². The summed E-state index contributed by atoms with van der Waals surface area (Å²) in [5.41, 5.74) is 0.617. The van der Waals surface area contributed by atoms with Gasteiger partial charge in [-0.2, -0.15) is 0 Å². The van der Waals surface area contributed by atoms with Crippen LogP contribution in [-0.2, 0) is 4.79 Å². The fraction of sp³-hybridized carbons (Fsp3) is 0.500. The van der Waals surface area contributed by atoms with E-state index < -0.39 is 12.1 Å². The molecule has 1 aliphatic rings. The van der Waals surface area contributed by atoms with Crippen LogP contribution in [0.2, 0.25) is 0 Å². The second kappa shape index (κ2) is 6.95. The highest BCUT2D eigenvalue weighted by Gasteiger charge is 2.38. The van der Waals surface area contributed by atoms with Gasteiger partial charge in [0.25, 0.3) is 0 Å². The second-order valence-corrected chi connectivity index (χ2v) is 5.76. The van der Waals surface area contributed by atoms with E-state index in [9.17, 15) is 14.9 Å². The maximum Gasteiger partial charge on any atom is 0.237 e. The van der Waals surface area contributed by atoms with Gasteiger partial charge in [-0.3, -0.25) is 14.9 Å². The molecule has 1 aromatic rings. The molecule has 1 aromatic carbocycles. The number of hydrogen-bond donors (Lipinski definition) is 1. The summed E-state index contributed by atoms with van der Waals surface area (Å²) in [4.78, 5) is 22.5. The van der Waals surface area contributed by atoms with Gasteiger partial charge in [-0.25, -0.2) is 0 Å². The number of amides is 1. The molecule has 0 bridgehead atoms. The molecule has 1 amide bonds. The molecule has 0 aliphatic carbocycles. The smallest absolute Gasteiger partial charge is 0.237 e. The Morgan fingerprint density at radius 1 is 1.50 bits per heavy atom. The van der Waals surface area contributed by atoms with Crippen LogP contribution in [0.4, 0.5) is 0 Å². The molecule has 2 atom stereocenters. The van der Waals surface area contributed by atoms with E-state index in [-0.39, 0.29) is 23.7 Å². The first-order chi connectivity index (χ1) is 10.5. The van der Waals surface area contributed by atoms with Gasteiger partial charge in [-0.15, -0.1) is 0 Å². The first-order valence-electron chi connectivity index (χ1n) is 6.91. The van der Waals surface area contributed by atoms with E-state index in [1.807, 2.05) is 6.92 Å². The summed E-state index contributed by atoms with van der Waals surface area (Å²) in [5, 5.41) is 14.0. The van der Waals surface area contributed by atoms with Gasteiger partial charge < -0.3 is 14.8 Å². The molecule has 0 unspecified atom stereocenters. The number of hydrogen-bond acceptors (Lipinski definition) is 5. The highest BCUT2D eigenvalue weighted by molar-refractivity contribution is 9.10. The highest BCUT2D eigenvalue weighted by Crippen LogP contribution is 2.39. The zero-order chi connectivity index (χ0) is 16.3. The lowest BCUT2D eigenvalue weighted by atomic mass is 9.92. The fourth-order valence-corrected chi connectivity index (χ4v) is 3.17. The third-order valence-corrected chi connectivity index (χ3v) is 4.12. The molecule has 1 saturated heterocycles. The van der Waals surface area contributed by atoms with Crippen molar-refractivity contribution in [1.82, 2.24) is 5.32 Å². The van der Waals surface area contributed by atoms with Gasteiger partial charge in [0, 0.05) is 17.8 Å². The normalized spacial score (nSPS) is 21.1. The molecule has 0 radical (unpaired) electrons. The molecule has 1 N–H and O–H groups in total. The minimum atomic E-state index is -0.854. The van der Waals surface area contributed by atoms with Crippen LogP contribution in [0.3, 0.4) is 0 Å². The Hall–Kier alpha value is -1.83. The number of benzene rings is 1. The standard InChI is InChI=1S/C14H17BrN2O5/c1-3-22-11-7-8(6-9(15)14(11)21-2)13-10(17(19)20)4-5-12(18)16-13/h6-7,10,13H,3-5H2,1-2H3,(H,16,18)/t10-,13+/m0/s1. The molecule has 2 rings (SSSR count). The van der Waals surface area contributed by atoms with Crippen molar-refractivity contribution in [2.75, 3.05) is 13.7 Å². The Kier molecular flexibility index (Phi) is 5.23. The summed E-state index contributed by atoms with van der Waals surface area (Å²) in [6.45, 7) is 2.27. The van der Waals surface area contributed by atoms with Crippen LogP contribution in [0.25, 0.3) is 0 Å². The lowest BCUT2D eigenvalue weighted by Gasteiger charge is -2.27. The summed E-state index contributed by atoms with van der Waals surface area (Å²) in [6, 6.07) is 1.86. The van der Waals surface area contributed by atoms with Crippen LogP contribution in [0.15, 0.2) is 16.6 Å². The second-order valence-electron chi connectivity index (χ2n) is 4.90. The minimum Gasteiger partial charge on any atom is -0.492 e. The Morgan fingerprint density at radius 3 is 2.82 bits per heavy atom. The van der Waals surface area contributed by atoms with Crippen LogP contribution in [0.5, 0.6) is 11.5 Å². The molecule has 8 heteroatoms. The van der Waals surface area contributed by atoms with E-state index in [1.54, 1.807) is 12.1 Å². The van der Waals surface area contributed by atoms with Crippen LogP contribution >= 0.6 is 15.9 Å². The Morgan fingerprint density at radius 2 is 2.23 bits per heavy atom. The Balaban J connectivity index is 2.44. The topological polar surface area (TPSA) is 90.7 Å². The van der Waals surface area contributed by atoms with E-state index in [0.717, 1.165) is 0 Å². The lowest BCUT2D eigenvalue weighted by Crippen LogP contribution is -2.45. The summed E-state index contributed by atoms with van der Waals surface area (Å²) >= 11 is 3.38.